The second-order valence-corrected chi connectivity index (χ2v) is 10.0. The molecule has 0 bridgehead atoms. The van der Waals surface area contributed by atoms with Crippen LogP contribution in [0.1, 0.15) is 73.1 Å². The van der Waals surface area contributed by atoms with Gasteiger partial charge in [-0.05, 0) is 51.2 Å². The van der Waals surface area contributed by atoms with Crippen LogP contribution in [0.15, 0.2) is 18.2 Å². The van der Waals surface area contributed by atoms with E-state index in [2.05, 4.69) is 22.9 Å². The van der Waals surface area contributed by atoms with Gasteiger partial charge in [0.2, 0.25) is 17.7 Å². The summed E-state index contributed by atoms with van der Waals surface area (Å²) < 4.78 is 5.59. The number of rotatable bonds is 13. The highest BCUT2D eigenvalue weighted by molar-refractivity contribution is 6.24. The highest BCUT2D eigenvalue weighted by atomic mass is 16.5. The number of likely N-dealkylation sites (N-methyl/N-ethyl adjacent to an activating group) is 1. The van der Waals surface area contributed by atoms with E-state index in [1.54, 1.807) is 19.0 Å². The number of amides is 6. The molecule has 0 aliphatic carbocycles. The minimum absolute atomic E-state index is 0.00888. The standard InChI is InChI=1S/C27H37N5O7/c1-5-16(2)29-18(26(37)31(3)4)10-6-7-14-28-22(34)15-39-20-11-8-9-17-23(20)27(38)32(25(17)36)19-12-13-21(33)30-24(19)35/h8-9,11,16,18-19,29H,5-7,10,12-15H2,1-4H3,(H,28,34)(H,30,33,35). The molecule has 12 heteroatoms. The maximum atomic E-state index is 13.1. The summed E-state index contributed by atoms with van der Waals surface area (Å²) in [7, 11) is 3.46. The number of hydrogen-bond acceptors (Lipinski definition) is 8. The van der Waals surface area contributed by atoms with Crippen molar-refractivity contribution in [3.63, 3.8) is 0 Å². The minimum Gasteiger partial charge on any atom is -0.483 e. The van der Waals surface area contributed by atoms with E-state index in [1.807, 2.05) is 6.92 Å². The van der Waals surface area contributed by atoms with E-state index in [0.29, 0.717) is 19.4 Å². The third-order valence-electron chi connectivity index (χ3n) is 6.87. The molecule has 3 rings (SSSR count). The molecular weight excluding hydrogens is 506 g/mol. The number of hydrogen-bond donors (Lipinski definition) is 3. The Kier molecular flexibility index (Phi) is 10.2. The van der Waals surface area contributed by atoms with E-state index in [0.717, 1.165) is 17.7 Å². The number of benzene rings is 1. The van der Waals surface area contributed by atoms with Crippen molar-refractivity contribution < 1.29 is 33.5 Å². The van der Waals surface area contributed by atoms with Gasteiger partial charge in [0.15, 0.2) is 6.61 Å². The number of ether oxygens (including phenoxy) is 1. The summed E-state index contributed by atoms with van der Waals surface area (Å²) in [6.07, 6.45) is 3.02. The summed E-state index contributed by atoms with van der Waals surface area (Å²) in [4.78, 5) is 77.0. The van der Waals surface area contributed by atoms with Crippen LogP contribution in [0.5, 0.6) is 5.75 Å². The Bertz CT molecular complexity index is 1140. The Morgan fingerprint density at radius 2 is 1.90 bits per heavy atom. The van der Waals surface area contributed by atoms with Gasteiger partial charge in [0.25, 0.3) is 17.7 Å². The van der Waals surface area contributed by atoms with Crippen molar-refractivity contribution in [3.05, 3.63) is 29.3 Å². The van der Waals surface area contributed by atoms with Gasteiger partial charge in [-0.15, -0.1) is 0 Å². The number of unbranched alkanes of at least 4 members (excludes halogenated alkanes) is 1. The second kappa shape index (κ2) is 13.3. The van der Waals surface area contributed by atoms with Gasteiger partial charge < -0.3 is 20.3 Å². The van der Waals surface area contributed by atoms with Crippen LogP contribution in [0, 0.1) is 0 Å². The second-order valence-electron chi connectivity index (χ2n) is 10.0. The Morgan fingerprint density at radius 3 is 2.56 bits per heavy atom. The van der Waals surface area contributed by atoms with Crippen LogP contribution in [0.2, 0.25) is 0 Å². The van der Waals surface area contributed by atoms with Gasteiger partial charge in [-0.3, -0.25) is 39.0 Å². The number of imide groups is 2. The number of carbonyl (C=O) groups is 6. The highest BCUT2D eigenvalue weighted by Crippen LogP contribution is 2.33. The molecule has 6 amide bonds. The molecule has 3 atom stereocenters. The third kappa shape index (κ3) is 7.20. The van der Waals surface area contributed by atoms with E-state index in [4.69, 9.17) is 4.74 Å². The van der Waals surface area contributed by atoms with Crippen molar-refractivity contribution in [2.75, 3.05) is 27.2 Å². The first-order chi connectivity index (χ1) is 18.5. The number of piperidine rings is 1. The molecule has 2 heterocycles. The van der Waals surface area contributed by atoms with Crippen molar-refractivity contribution >= 4 is 35.4 Å². The molecule has 1 saturated heterocycles. The Morgan fingerprint density at radius 1 is 1.15 bits per heavy atom. The van der Waals surface area contributed by atoms with Gasteiger partial charge in [-0.1, -0.05) is 13.0 Å². The zero-order valence-electron chi connectivity index (χ0n) is 22.9. The lowest BCUT2D eigenvalue weighted by atomic mass is 10.0. The van der Waals surface area contributed by atoms with Gasteiger partial charge in [0.1, 0.15) is 11.8 Å². The molecule has 2 aliphatic rings. The number of carbonyl (C=O) groups excluding carboxylic acids is 6. The largest absolute Gasteiger partial charge is 0.483 e. The summed E-state index contributed by atoms with van der Waals surface area (Å²) in [5.74, 6) is -2.81. The molecule has 0 radical (unpaired) electrons. The highest BCUT2D eigenvalue weighted by Gasteiger charge is 2.46. The minimum atomic E-state index is -1.08. The van der Waals surface area contributed by atoms with Crippen LogP contribution in [-0.2, 0) is 19.2 Å². The van der Waals surface area contributed by atoms with Crippen molar-refractivity contribution in [2.45, 2.75) is 70.5 Å². The molecule has 212 valence electrons. The Hall–Kier alpha value is -3.80. The fourth-order valence-electron chi connectivity index (χ4n) is 4.55. The first-order valence-corrected chi connectivity index (χ1v) is 13.3. The van der Waals surface area contributed by atoms with Gasteiger partial charge in [-0.2, -0.15) is 0 Å². The summed E-state index contributed by atoms with van der Waals surface area (Å²) >= 11 is 0. The molecule has 2 aliphatic heterocycles. The van der Waals surface area contributed by atoms with E-state index < -0.39 is 35.6 Å². The number of nitrogens with one attached hydrogen (secondary N) is 3. The molecule has 3 unspecified atom stereocenters. The number of nitrogens with zero attached hydrogens (tertiary/aromatic N) is 2. The predicted octanol–water partition coefficient (Wildman–Crippen LogP) is 0.598. The zero-order chi connectivity index (χ0) is 28.7. The average molecular weight is 544 g/mol. The first-order valence-electron chi connectivity index (χ1n) is 13.3. The molecular formula is C27H37N5O7. The van der Waals surface area contributed by atoms with E-state index in [-0.39, 0.29) is 54.3 Å². The zero-order valence-corrected chi connectivity index (χ0v) is 22.9. The molecule has 0 saturated carbocycles. The summed E-state index contributed by atoms with van der Waals surface area (Å²) in [6.45, 7) is 4.11. The van der Waals surface area contributed by atoms with Crippen LogP contribution in [0.25, 0.3) is 0 Å². The van der Waals surface area contributed by atoms with Crippen molar-refractivity contribution in [2.24, 2.45) is 0 Å². The summed E-state index contributed by atoms with van der Waals surface area (Å²) in [5.41, 5.74) is 0.0702. The molecule has 12 nitrogen and oxygen atoms in total. The van der Waals surface area contributed by atoms with Crippen molar-refractivity contribution in [1.82, 2.24) is 25.8 Å². The van der Waals surface area contributed by atoms with Crippen LogP contribution in [0.3, 0.4) is 0 Å². The monoisotopic (exact) mass is 543 g/mol. The van der Waals surface area contributed by atoms with Crippen LogP contribution in [-0.4, -0.2) is 90.6 Å². The van der Waals surface area contributed by atoms with E-state index in [1.165, 1.54) is 18.2 Å². The SMILES string of the molecule is CCC(C)NC(CCCCNC(=O)COc1cccc2c1C(=O)N(C1CCC(=O)NC1=O)C2=O)C(=O)N(C)C. The van der Waals surface area contributed by atoms with Crippen LogP contribution >= 0.6 is 0 Å². The first kappa shape index (κ1) is 29.8. The quantitative estimate of drug-likeness (QED) is 0.241. The predicted molar refractivity (Wildman–Crippen MR) is 141 cm³/mol. The molecule has 1 aromatic rings. The van der Waals surface area contributed by atoms with Gasteiger partial charge in [0.05, 0.1) is 17.2 Å². The normalized spacial score (nSPS) is 18.4. The summed E-state index contributed by atoms with van der Waals surface area (Å²) in [5, 5.41) is 8.27. The van der Waals surface area contributed by atoms with Crippen LogP contribution in [0.4, 0.5) is 0 Å². The fourth-order valence-corrected chi connectivity index (χ4v) is 4.55. The molecule has 1 aromatic carbocycles. The smallest absolute Gasteiger partial charge is 0.266 e. The molecule has 0 spiro atoms. The average Bonchev–Trinajstić information content (AvgIpc) is 3.16. The maximum Gasteiger partial charge on any atom is 0.266 e. The van der Waals surface area contributed by atoms with Crippen LogP contribution < -0.4 is 20.7 Å². The van der Waals surface area contributed by atoms with Gasteiger partial charge in [0, 0.05) is 33.1 Å². The molecule has 3 N–H and O–H groups in total. The van der Waals surface area contributed by atoms with Gasteiger partial charge in [-0.25, -0.2) is 0 Å². The Balaban J connectivity index is 1.50. The lowest BCUT2D eigenvalue weighted by molar-refractivity contribution is -0.136. The summed E-state index contributed by atoms with van der Waals surface area (Å²) in [6, 6.07) is 3.32. The van der Waals surface area contributed by atoms with E-state index in [9.17, 15) is 28.8 Å². The molecule has 0 aromatic heterocycles. The lowest BCUT2D eigenvalue weighted by Crippen LogP contribution is -2.54. The van der Waals surface area contributed by atoms with Crippen molar-refractivity contribution in [3.8, 4) is 5.75 Å². The molecule has 39 heavy (non-hydrogen) atoms. The Labute approximate surface area is 227 Å². The lowest BCUT2D eigenvalue weighted by Gasteiger charge is -2.27. The number of fused-ring (bicyclic) bond motifs is 1. The van der Waals surface area contributed by atoms with Gasteiger partial charge >= 0.3 is 0 Å². The third-order valence-corrected chi connectivity index (χ3v) is 6.87. The fraction of sp³-hybridized carbons (Fsp3) is 0.556. The molecule has 1 fully saturated rings. The van der Waals surface area contributed by atoms with E-state index >= 15 is 0 Å². The topological polar surface area (TPSA) is 154 Å². The van der Waals surface area contributed by atoms with Crippen molar-refractivity contribution in [1.29, 1.82) is 0 Å². The maximum absolute atomic E-state index is 13.1.